The summed E-state index contributed by atoms with van der Waals surface area (Å²) in [6.45, 7) is 4.08. The molecule has 0 aliphatic heterocycles. The van der Waals surface area contributed by atoms with Crippen molar-refractivity contribution >= 4 is 14.7 Å². The summed E-state index contributed by atoms with van der Waals surface area (Å²) < 4.78 is 5.06. The van der Waals surface area contributed by atoms with Crippen LogP contribution in [0.2, 0.25) is 0 Å². The molecule has 0 radical (unpaired) electrons. The van der Waals surface area contributed by atoms with Crippen LogP contribution in [0.15, 0.2) is 10.7 Å². The van der Waals surface area contributed by atoms with Crippen LogP contribution in [0.1, 0.15) is 11.1 Å². The molecule has 0 aromatic carbocycles. The summed E-state index contributed by atoms with van der Waals surface area (Å²) in [7, 11) is 2.54. The highest BCUT2D eigenvalue weighted by Gasteiger charge is 1.97. The van der Waals surface area contributed by atoms with E-state index in [0.29, 0.717) is 0 Å². The zero-order valence-electron chi connectivity index (χ0n) is 5.06. The Morgan fingerprint density at radius 2 is 2.12 bits per heavy atom. The largest absolute Gasteiger partial charge is 0.465 e. The first-order chi connectivity index (χ1) is 3.72. The molecule has 8 heavy (non-hydrogen) atoms. The van der Waals surface area contributed by atoms with E-state index < -0.39 is 0 Å². The van der Waals surface area contributed by atoms with Gasteiger partial charge >= 0.3 is 0 Å². The topological polar surface area (TPSA) is 13.1 Å². The van der Waals surface area contributed by atoms with E-state index >= 15 is 0 Å². The maximum atomic E-state index is 5.06. The second kappa shape index (κ2) is 1.91. The molecule has 0 saturated carbocycles. The maximum absolute atomic E-state index is 5.06. The van der Waals surface area contributed by atoms with E-state index in [0.717, 1.165) is 5.50 Å². The molecule has 1 aromatic rings. The maximum Gasteiger partial charge on any atom is 0.122 e. The van der Waals surface area contributed by atoms with E-state index in [1.165, 1.54) is 11.1 Å². The lowest BCUT2D eigenvalue weighted by Gasteiger charge is -1.83. The quantitative estimate of drug-likeness (QED) is 0.481. The van der Waals surface area contributed by atoms with Gasteiger partial charge in [0.05, 0.1) is 6.26 Å². The Morgan fingerprint density at radius 3 is 2.25 bits per heavy atom. The smallest absolute Gasteiger partial charge is 0.122 e. The molecule has 0 aliphatic rings. The fourth-order valence-corrected chi connectivity index (χ4v) is 0.819. The molecule has 1 unspecified atom stereocenters. The molecule has 1 aromatic heterocycles. The van der Waals surface area contributed by atoms with Crippen molar-refractivity contribution in [2.24, 2.45) is 0 Å². The molecular formula is C6H9OP. The molecule has 0 N–H and O–H groups in total. The summed E-state index contributed by atoms with van der Waals surface area (Å²) >= 11 is 0. The number of rotatable bonds is 0. The Morgan fingerprint density at radius 1 is 1.50 bits per heavy atom. The number of hydrogen-bond acceptors (Lipinski definition) is 1. The SMILES string of the molecule is Cc1coc(P)c1C. The molecule has 44 valence electrons. The molecule has 2 heteroatoms. The van der Waals surface area contributed by atoms with Crippen LogP contribution in [0, 0.1) is 13.8 Å². The summed E-state index contributed by atoms with van der Waals surface area (Å²) in [5, 5.41) is 0. The highest BCUT2D eigenvalue weighted by molar-refractivity contribution is 7.26. The third-order valence-corrected chi connectivity index (χ3v) is 1.89. The van der Waals surface area contributed by atoms with Crippen LogP contribution in [0.3, 0.4) is 0 Å². The molecule has 0 bridgehead atoms. The van der Waals surface area contributed by atoms with Gasteiger partial charge in [-0.25, -0.2) is 0 Å². The summed E-state index contributed by atoms with van der Waals surface area (Å²) in [4.78, 5) is 0. The second-order valence-electron chi connectivity index (χ2n) is 1.91. The van der Waals surface area contributed by atoms with Gasteiger partial charge in [-0.15, -0.1) is 0 Å². The third-order valence-electron chi connectivity index (χ3n) is 1.32. The minimum Gasteiger partial charge on any atom is -0.465 e. The van der Waals surface area contributed by atoms with Crippen LogP contribution < -0.4 is 5.50 Å². The highest BCUT2D eigenvalue weighted by atomic mass is 31.0. The molecule has 0 saturated heterocycles. The van der Waals surface area contributed by atoms with Gasteiger partial charge < -0.3 is 4.42 Å². The standard InChI is InChI=1S/C6H9OP/c1-4-3-7-6(8)5(4)2/h3H,8H2,1-2H3. The van der Waals surface area contributed by atoms with E-state index in [9.17, 15) is 0 Å². The number of hydrogen-bond donors (Lipinski definition) is 0. The Bertz CT molecular complexity index is 171. The van der Waals surface area contributed by atoms with E-state index in [4.69, 9.17) is 4.42 Å². The summed E-state index contributed by atoms with van der Waals surface area (Å²) in [6.07, 6.45) is 1.76. The van der Waals surface area contributed by atoms with E-state index in [1.54, 1.807) is 6.26 Å². The predicted molar refractivity (Wildman–Crippen MR) is 37.5 cm³/mol. The Kier molecular flexibility index (Phi) is 1.39. The van der Waals surface area contributed by atoms with Crippen LogP contribution in [0.4, 0.5) is 0 Å². The summed E-state index contributed by atoms with van der Waals surface area (Å²) in [6, 6.07) is 0. The summed E-state index contributed by atoms with van der Waals surface area (Å²) in [5.41, 5.74) is 3.40. The first-order valence-corrected chi connectivity index (χ1v) is 3.09. The minimum absolute atomic E-state index is 0.947. The predicted octanol–water partition coefficient (Wildman–Crippen LogP) is 1.40. The van der Waals surface area contributed by atoms with Gasteiger partial charge in [-0.1, -0.05) is 9.24 Å². The Labute approximate surface area is 51.3 Å². The van der Waals surface area contributed by atoms with Crippen LogP contribution in [-0.4, -0.2) is 0 Å². The molecule has 1 nitrogen and oxygen atoms in total. The lowest BCUT2D eigenvalue weighted by Crippen LogP contribution is -1.87. The van der Waals surface area contributed by atoms with Crippen LogP contribution in [0.25, 0.3) is 0 Å². The zero-order chi connectivity index (χ0) is 6.15. The van der Waals surface area contributed by atoms with Crippen molar-refractivity contribution in [2.45, 2.75) is 13.8 Å². The number of aryl methyl sites for hydroxylation is 1. The van der Waals surface area contributed by atoms with Crippen molar-refractivity contribution in [2.75, 3.05) is 0 Å². The lowest BCUT2D eigenvalue weighted by atomic mass is 10.2. The monoisotopic (exact) mass is 128 g/mol. The first kappa shape index (κ1) is 5.84. The van der Waals surface area contributed by atoms with Crippen LogP contribution >= 0.6 is 9.24 Å². The van der Waals surface area contributed by atoms with Gasteiger partial charge in [0.2, 0.25) is 0 Å². The minimum atomic E-state index is 0.947. The van der Waals surface area contributed by atoms with E-state index in [2.05, 4.69) is 9.24 Å². The van der Waals surface area contributed by atoms with E-state index in [1.807, 2.05) is 13.8 Å². The normalized spacial score (nSPS) is 9.88. The molecule has 0 amide bonds. The fourth-order valence-electron chi connectivity index (χ4n) is 0.523. The average molecular weight is 128 g/mol. The van der Waals surface area contributed by atoms with Crippen molar-refractivity contribution in [1.29, 1.82) is 0 Å². The average Bonchev–Trinajstić information content (AvgIpc) is 1.98. The molecule has 0 fully saturated rings. The van der Waals surface area contributed by atoms with Gasteiger partial charge in [-0.05, 0) is 25.0 Å². The zero-order valence-corrected chi connectivity index (χ0v) is 6.22. The van der Waals surface area contributed by atoms with Gasteiger partial charge in [0, 0.05) is 0 Å². The van der Waals surface area contributed by atoms with E-state index in [-0.39, 0.29) is 0 Å². The van der Waals surface area contributed by atoms with Crippen molar-refractivity contribution in [3.05, 3.63) is 17.4 Å². The molecule has 1 atom stereocenters. The second-order valence-corrected chi connectivity index (χ2v) is 2.43. The molecule has 0 aliphatic carbocycles. The molecule has 1 heterocycles. The fraction of sp³-hybridized carbons (Fsp3) is 0.333. The van der Waals surface area contributed by atoms with Crippen LogP contribution in [-0.2, 0) is 0 Å². The number of furan rings is 1. The van der Waals surface area contributed by atoms with Crippen molar-refractivity contribution in [3.8, 4) is 0 Å². The van der Waals surface area contributed by atoms with Gasteiger partial charge in [0.1, 0.15) is 5.50 Å². The molecular weight excluding hydrogens is 119 g/mol. The Balaban J connectivity index is 3.19. The Hall–Kier alpha value is -0.290. The van der Waals surface area contributed by atoms with Gasteiger partial charge in [-0.3, -0.25) is 0 Å². The van der Waals surface area contributed by atoms with Gasteiger partial charge in [0.25, 0.3) is 0 Å². The lowest BCUT2D eigenvalue weighted by molar-refractivity contribution is 0.601. The highest BCUT2D eigenvalue weighted by Crippen LogP contribution is 2.06. The van der Waals surface area contributed by atoms with Crippen molar-refractivity contribution in [1.82, 2.24) is 0 Å². The molecule has 1 rings (SSSR count). The van der Waals surface area contributed by atoms with Gasteiger partial charge in [-0.2, -0.15) is 0 Å². The molecule has 0 spiro atoms. The van der Waals surface area contributed by atoms with Crippen molar-refractivity contribution < 1.29 is 4.42 Å². The van der Waals surface area contributed by atoms with Crippen molar-refractivity contribution in [3.63, 3.8) is 0 Å². The first-order valence-electron chi connectivity index (χ1n) is 2.52. The van der Waals surface area contributed by atoms with Crippen LogP contribution in [0.5, 0.6) is 0 Å². The summed E-state index contributed by atoms with van der Waals surface area (Å²) in [5.74, 6) is 0. The third kappa shape index (κ3) is 0.784. The van der Waals surface area contributed by atoms with Gasteiger partial charge in [0.15, 0.2) is 0 Å².